The van der Waals surface area contributed by atoms with Crippen LogP contribution in [-0.2, 0) is 10.0 Å². The van der Waals surface area contributed by atoms with Crippen molar-refractivity contribution < 1.29 is 13.2 Å². The Kier molecular flexibility index (Phi) is 4.09. The molecular weight excluding hydrogens is 260 g/mol. The lowest BCUT2D eigenvalue weighted by atomic mass is 10.4. The van der Waals surface area contributed by atoms with Crippen molar-refractivity contribution in [1.82, 2.24) is 5.32 Å². The van der Waals surface area contributed by atoms with Crippen molar-refractivity contribution >= 4 is 38.9 Å². The van der Waals surface area contributed by atoms with Gasteiger partial charge in [-0.15, -0.1) is 11.3 Å². The molecule has 1 aromatic rings. The molecule has 0 saturated carbocycles. The summed E-state index contributed by atoms with van der Waals surface area (Å²) in [6.45, 7) is -0.0219. The molecule has 1 amide bonds. The molecule has 1 heterocycles. The van der Waals surface area contributed by atoms with Crippen LogP contribution in [0.4, 0.5) is 0 Å². The Balaban J connectivity index is 2.48. The highest BCUT2D eigenvalue weighted by Crippen LogP contribution is 2.21. The Bertz CT molecular complexity index is 455. The number of sulfonamides is 1. The molecule has 0 bridgehead atoms. The molecule has 84 valence electrons. The number of nitrogens with two attached hydrogens (primary N) is 1. The molecule has 1 aromatic heterocycles. The predicted octanol–water partition coefficient (Wildman–Crippen LogP) is 0.420. The van der Waals surface area contributed by atoms with E-state index in [9.17, 15) is 13.2 Å². The van der Waals surface area contributed by atoms with E-state index in [0.29, 0.717) is 9.90 Å². The fraction of sp³-hybridized carbons (Fsp3) is 0.286. The standard InChI is InChI=1S/C7H9ClN2O3S2/c8-5-1-3-14-6(5)7(11)10-2-4-15(9,12)13/h1,3H,2,4H2,(H,10,11)(H2,9,12,13). The summed E-state index contributed by atoms with van der Waals surface area (Å²) < 4.78 is 21.1. The topological polar surface area (TPSA) is 89.3 Å². The summed E-state index contributed by atoms with van der Waals surface area (Å²) in [5, 5.41) is 9.21. The molecule has 0 radical (unpaired) electrons. The highest BCUT2D eigenvalue weighted by atomic mass is 35.5. The van der Waals surface area contributed by atoms with Crippen molar-refractivity contribution in [1.29, 1.82) is 0 Å². The molecule has 0 aliphatic carbocycles. The van der Waals surface area contributed by atoms with Gasteiger partial charge in [-0.3, -0.25) is 4.79 Å². The number of carbonyl (C=O) groups excluding carboxylic acids is 1. The number of thiophene rings is 1. The molecule has 0 aromatic carbocycles. The smallest absolute Gasteiger partial charge is 0.262 e. The van der Waals surface area contributed by atoms with Gasteiger partial charge in [0.1, 0.15) is 4.88 Å². The monoisotopic (exact) mass is 268 g/mol. The molecule has 0 unspecified atom stereocenters. The van der Waals surface area contributed by atoms with Crippen molar-refractivity contribution in [2.75, 3.05) is 12.3 Å². The maximum Gasteiger partial charge on any atom is 0.262 e. The van der Waals surface area contributed by atoms with E-state index in [2.05, 4.69) is 5.32 Å². The molecule has 0 spiro atoms. The van der Waals surface area contributed by atoms with E-state index in [1.54, 1.807) is 11.4 Å². The van der Waals surface area contributed by atoms with E-state index in [-0.39, 0.29) is 12.3 Å². The molecule has 0 atom stereocenters. The van der Waals surface area contributed by atoms with Crippen LogP contribution in [0.3, 0.4) is 0 Å². The average molecular weight is 269 g/mol. The molecule has 3 N–H and O–H groups in total. The van der Waals surface area contributed by atoms with Crippen LogP contribution in [0, 0.1) is 0 Å². The zero-order valence-electron chi connectivity index (χ0n) is 7.57. The number of primary sulfonamides is 1. The van der Waals surface area contributed by atoms with Crippen LogP contribution in [0.2, 0.25) is 5.02 Å². The maximum absolute atomic E-state index is 11.4. The van der Waals surface area contributed by atoms with E-state index < -0.39 is 15.9 Å². The quantitative estimate of drug-likeness (QED) is 0.829. The van der Waals surface area contributed by atoms with E-state index in [0.717, 1.165) is 0 Å². The summed E-state index contributed by atoms with van der Waals surface area (Å²) in [6, 6.07) is 1.60. The van der Waals surface area contributed by atoms with Crippen molar-refractivity contribution in [3.8, 4) is 0 Å². The zero-order chi connectivity index (χ0) is 11.5. The second-order valence-electron chi connectivity index (χ2n) is 2.72. The number of amides is 1. The molecular formula is C7H9ClN2O3S2. The van der Waals surface area contributed by atoms with Crippen LogP contribution in [0.5, 0.6) is 0 Å². The van der Waals surface area contributed by atoms with Gasteiger partial charge in [0.15, 0.2) is 0 Å². The molecule has 0 fully saturated rings. The zero-order valence-corrected chi connectivity index (χ0v) is 9.95. The number of rotatable bonds is 4. The van der Waals surface area contributed by atoms with E-state index in [1.165, 1.54) is 11.3 Å². The molecule has 0 aliphatic rings. The average Bonchev–Trinajstić information content (AvgIpc) is 2.48. The van der Waals surface area contributed by atoms with Crippen LogP contribution in [0.1, 0.15) is 9.67 Å². The van der Waals surface area contributed by atoms with Crippen LogP contribution in [0.15, 0.2) is 11.4 Å². The Morgan fingerprint density at radius 3 is 2.73 bits per heavy atom. The third kappa shape index (κ3) is 4.17. The SMILES string of the molecule is NS(=O)(=O)CCNC(=O)c1sccc1Cl. The minimum atomic E-state index is -3.54. The van der Waals surface area contributed by atoms with Crippen molar-refractivity contribution in [3.63, 3.8) is 0 Å². The summed E-state index contributed by atoms with van der Waals surface area (Å²) in [5.74, 6) is -0.680. The second-order valence-corrected chi connectivity index (χ2v) is 5.78. The first-order valence-electron chi connectivity index (χ1n) is 3.92. The number of halogens is 1. The molecule has 1 rings (SSSR count). The summed E-state index contributed by atoms with van der Waals surface area (Å²) in [7, 11) is -3.54. The Hall–Kier alpha value is -0.630. The molecule has 15 heavy (non-hydrogen) atoms. The van der Waals surface area contributed by atoms with Crippen LogP contribution >= 0.6 is 22.9 Å². The van der Waals surface area contributed by atoms with Gasteiger partial charge < -0.3 is 5.32 Å². The minimum absolute atomic E-state index is 0.0219. The first-order chi connectivity index (χ1) is 6.90. The fourth-order valence-electron chi connectivity index (χ4n) is 0.843. The van der Waals surface area contributed by atoms with Crippen LogP contribution < -0.4 is 10.5 Å². The van der Waals surface area contributed by atoms with Crippen molar-refractivity contribution in [2.45, 2.75) is 0 Å². The first-order valence-corrected chi connectivity index (χ1v) is 6.89. The van der Waals surface area contributed by atoms with Crippen LogP contribution in [-0.4, -0.2) is 26.6 Å². The Morgan fingerprint density at radius 2 is 2.27 bits per heavy atom. The number of nitrogens with one attached hydrogen (secondary N) is 1. The number of hydrogen-bond acceptors (Lipinski definition) is 4. The lowest BCUT2D eigenvalue weighted by Crippen LogP contribution is -2.31. The summed E-state index contributed by atoms with van der Waals surface area (Å²) in [4.78, 5) is 11.8. The van der Waals surface area contributed by atoms with Crippen molar-refractivity contribution in [2.24, 2.45) is 5.14 Å². The van der Waals surface area contributed by atoms with Crippen molar-refractivity contribution in [3.05, 3.63) is 21.3 Å². The summed E-state index contributed by atoms with van der Waals surface area (Å²) >= 11 is 6.90. The normalized spacial score (nSPS) is 11.3. The molecule has 0 aliphatic heterocycles. The molecule has 0 saturated heterocycles. The predicted molar refractivity (Wildman–Crippen MR) is 59.6 cm³/mol. The van der Waals surface area contributed by atoms with Gasteiger partial charge in [0, 0.05) is 6.54 Å². The van der Waals surface area contributed by atoms with Gasteiger partial charge in [0.2, 0.25) is 10.0 Å². The fourth-order valence-corrected chi connectivity index (χ4v) is 2.29. The van der Waals surface area contributed by atoms with Crippen LogP contribution in [0.25, 0.3) is 0 Å². The summed E-state index contributed by atoms with van der Waals surface area (Å²) in [6.07, 6.45) is 0. The third-order valence-corrected chi connectivity index (χ3v) is 3.61. The first kappa shape index (κ1) is 12.4. The highest BCUT2D eigenvalue weighted by molar-refractivity contribution is 7.89. The lowest BCUT2D eigenvalue weighted by molar-refractivity contribution is 0.0960. The summed E-state index contributed by atoms with van der Waals surface area (Å²) in [5.41, 5.74) is 0. The van der Waals surface area contributed by atoms with Gasteiger partial charge in [-0.1, -0.05) is 11.6 Å². The Labute approximate surface area is 96.3 Å². The minimum Gasteiger partial charge on any atom is -0.350 e. The maximum atomic E-state index is 11.4. The Morgan fingerprint density at radius 1 is 1.60 bits per heavy atom. The van der Waals surface area contributed by atoms with Gasteiger partial charge in [-0.25, -0.2) is 13.6 Å². The van der Waals surface area contributed by atoms with E-state index in [1.807, 2.05) is 0 Å². The van der Waals surface area contributed by atoms with Gasteiger partial charge >= 0.3 is 0 Å². The van der Waals surface area contributed by atoms with Gasteiger partial charge in [-0.05, 0) is 11.4 Å². The lowest BCUT2D eigenvalue weighted by Gasteiger charge is -2.02. The van der Waals surface area contributed by atoms with E-state index in [4.69, 9.17) is 16.7 Å². The highest BCUT2D eigenvalue weighted by Gasteiger charge is 2.12. The molecule has 8 heteroatoms. The third-order valence-electron chi connectivity index (χ3n) is 1.50. The number of hydrogen-bond donors (Lipinski definition) is 2. The molecule has 5 nitrogen and oxygen atoms in total. The largest absolute Gasteiger partial charge is 0.350 e. The van der Waals surface area contributed by atoms with Gasteiger partial charge in [0.25, 0.3) is 5.91 Å². The van der Waals surface area contributed by atoms with E-state index >= 15 is 0 Å². The van der Waals surface area contributed by atoms with Gasteiger partial charge in [0.05, 0.1) is 10.8 Å². The van der Waals surface area contributed by atoms with Gasteiger partial charge in [-0.2, -0.15) is 0 Å². The second kappa shape index (κ2) is 4.93. The number of carbonyl (C=O) groups is 1.